The number of hydrogen-bond donors (Lipinski definition) is 1. The van der Waals surface area contributed by atoms with Crippen molar-refractivity contribution >= 4 is 5.91 Å². The lowest BCUT2D eigenvalue weighted by atomic mass is 9.95. The van der Waals surface area contributed by atoms with Crippen LogP contribution in [0.2, 0.25) is 0 Å². The van der Waals surface area contributed by atoms with E-state index in [1.165, 1.54) is 43.6 Å². The molecule has 2 aromatic carbocycles. The van der Waals surface area contributed by atoms with Crippen LogP contribution in [0.15, 0.2) is 53.1 Å². The van der Waals surface area contributed by atoms with Gasteiger partial charge >= 0.3 is 0 Å². The zero-order valence-electron chi connectivity index (χ0n) is 21.5. The van der Waals surface area contributed by atoms with Gasteiger partial charge in [0.1, 0.15) is 5.82 Å². The number of benzene rings is 2. The Morgan fingerprint density at radius 3 is 2.41 bits per heavy atom. The van der Waals surface area contributed by atoms with E-state index in [-0.39, 0.29) is 17.6 Å². The summed E-state index contributed by atoms with van der Waals surface area (Å²) in [5.74, 6) is 1.68. The summed E-state index contributed by atoms with van der Waals surface area (Å²) in [4.78, 5) is 22.1. The van der Waals surface area contributed by atoms with E-state index in [9.17, 15) is 9.18 Å². The van der Waals surface area contributed by atoms with Gasteiger partial charge in [-0.25, -0.2) is 4.39 Å². The third-order valence-corrected chi connectivity index (χ3v) is 7.63. The molecule has 2 aliphatic rings. The maximum atomic E-state index is 13.1. The molecule has 2 fully saturated rings. The van der Waals surface area contributed by atoms with Gasteiger partial charge in [0.2, 0.25) is 17.6 Å². The molecule has 0 unspecified atom stereocenters. The van der Waals surface area contributed by atoms with E-state index < -0.39 is 0 Å². The highest BCUT2D eigenvalue weighted by Gasteiger charge is 2.26. The number of nitrogens with zero attached hydrogens (tertiary/aromatic N) is 4. The van der Waals surface area contributed by atoms with Crippen LogP contribution < -0.4 is 5.32 Å². The predicted molar refractivity (Wildman–Crippen MR) is 140 cm³/mol. The van der Waals surface area contributed by atoms with E-state index >= 15 is 0 Å². The van der Waals surface area contributed by atoms with E-state index in [1.807, 2.05) is 0 Å². The van der Waals surface area contributed by atoms with Crippen LogP contribution in [0, 0.1) is 17.7 Å². The summed E-state index contributed by atoms with van der Waals surface area (Å²) in [6, 6.07) is 14.6. The first kappa shape index (κ1) is 25.5. The van der Waals surface area contributed by atoms with Gasteiger partial charge in [-0.3, -0.25) is 14.6 Å². The van der Waals surface area contributed by atoms with Crippen molar-refractivity contribution in [2.24, 2.45) is 11.8 Å². The number of rotatable bonds is 8. The van der Waals surface area contributed by atoms with Gasteiger partial charge < -0.3 is 9.84 Å². The highest BCUT2D eigenvalue weighted by molar-refractivity contribution is 5.78. The number of hydrogen-bond acceptors (Lipinski definition) is 6. The van der Waals surface area contributed by atoms with Crippen molar-refractivity contribution in [3.05, 3.63) is 71.4 Å². The molecular formula is C29H36FN5O2. The first-order chi connectivity index (χ1) is 18.0. The molecule has 0 spiro atoms. The third kappa shape index (κ3) is 7.02. The minimum absolute atomic E-state index is 0.0206. The molecule has 8 heteroatoms. The summed E-state index contributed by atoms with van der Waals surface area (Å²) in [6.07, 6.45) is 4.16. The lowest BCUT2D eigenvalue weighted by Gasteiger charge is -2.30. The second-order valence-corrected chi connectivity index (χ2v) is 10.6. The van der Waals surface area contributed by atoms with Crippen LogP contribution in [0.25, 0.3) is 11.4 Å². The summed E-state index contributed by atoms with van der Waals surface area (Å²) < 4.78 is 18.5. The van der Waals surface area contributed by atoms with Crippen molar-refractivity contribution < 1.29 is 13.7 Å². The molecule has 0 bridgehead atoms. The molecule has 1 amide bonds. The van der Waals surface area contributed by atoms with Crippen molar-refractivity contribution in [2.45, 2.75) is 52.2 Å². The fourth-order valence-corrected chi connectivity index (χ4v) is 5.23. The van der Waals surface area contributed by atoms with Crippen LogP contribution in [0.5, 0.6) is 0 Å². The fourth-order valence-electron chi connectivity index (χ4n) is 5.23. The number of piperidine rings is 2. The van der Waals surface area contributed by atoms with Crippen LogP contribution >= 0.6 is 0 Å². The van der Waals surface area contributed by atoms with Crippen molar-refractivity contribution in [3.63, 3.8) is 0 Å². The Balaban J connectivity index is 1.05. The number of likely N-dealkylation sites (tertiary alicyclic amines) is 2. The van der Waals surface area contributed by atoms with E-state index in [0.717, 1.165) is 49.5 Å². The topological polar surface area (TPSA) is 74.5 Å². The second kappa shape index (κ2) is 12.0. The van der Waals surface area contributed by atoms with E-state index in [1.54, 1.807) is 12.1 Å². The highest BCUT2D eigenvalue weighted by atomic mass is 19.1. The molecule has 1 N–H and O–H groups in total. The first-order valence-electron chi connectivity index (χ1n) is 13.4. The first-order valence-corrected chi connectivity index (χ1v) is 13.4. The zero-order chi connectivity index (χ0) is 25.6. The van der Waals surface area contributed by atoms with Crippen molar-refractivity contribution in [2.75, 3.05) is 26.2 Å². The molecule has 0 aliphatic carbocycles. The minimum Gasteiger partial charge on any atom is -0.352 e. The smallest absolute Gasteiger partial charge is 0.241 e. The molecule has 7 nitrogen and oxygen atoms in total. The molecule has 0 atom stereocenters. The van der Waals surface area contributed by atoms with Crippen LogP contribution in [0.4, 0.5) is 4.39 Å². The standard InChI is InChI=1S/C29H36FN5O2/c1-21-9-13-34(14-10-21)19-23-4-2-3-22(17-23)18-31-29(36)25-11-15-35(16-12-25)20-27-32-28(33-37-27)24-5-7-26(30)8-6-24/h2-8,17,21,25H,9-16,18-20H2,1H3,(H,31,36). The summed E-state index contributed by atoms with van der Waals surface area (Å²) in [7, 11) is 0. The van der Waals surface area contributed by atoms with Gasteiger partial charge in [0.15, 0.2) is 0 Å². The molecule has 3 heterocycles. The monoisotopic (exact) mass is 505 g/mol. The quantitative estimate of drug-likeness (QED) is 0.481. The minimum atomic E-state index is -0.296. The normalized spacial score (nSPS) is 18.2. The molecule has 37 heavy (non-hydrogen) atoms. The summed E-state index contributed by atoms with van der Waals surface area (Å²) in [6.45, 7) is 8.38. The Labute approximate surface area is 218 Å². The average molecular weight is 506 g/mol. The van der Waals surface area contributed by atoms with Gasteiger partial charge in [-0.2, -0.15) is 4.98 Å². The predicted octanol–water partition coefficient (Wildman–Crippen LogP) is 4.64. The highest BCUT2D eigenvalue weighted by Crippen LogP contribution is 2.22. The van der Waals surface area contributed by atoms with Gasteiger partial charge in [0, 0.05) is 24.6 Å². The average Bonchev–Trinajstić information content (AvgIpc) is 3.38. The van der Waals surface area contributed by atoms with Gasteiger partial charge in [0.05, 0.1) is 6.54 Å². The number of halogens is 1. The Bertz CT molecular complexity index is 1170. The molecule has 5 rings (SSSR count). The van der Waals surface area contributed by atoms with Crippen LogP contribution in [-0.4, -0.2) is 52.0 Å². The Morgan fingerprint density at radius 2 is 1.65 bits per heavy atom. The maximum absolute atomic E-state index is 13.1. The van der Waals surface area contributed by atoms with Crippen LogP contribution in [0.1, 0.15) is 49.6 Å². The third-order valence-electron chi connectivity index (χ3n) is 7.63. The molecule has 196 valence electrons. The number of aromatic nitrogens is 2. The second-order valence-electron chi connectivity index (χ2n) is 10.6. The van der Waals surface area contributed by atoms with E-state index in [2.05, 4.69) is 56.4 Å². The van der Waals surface area contributed by atoms with Crippen molar-refractivity contribution in [1.82, 2.24) is 25.3 Å². The Kier molecular flexibility index (Phi) is 8.26. The molecular weight excluding hydrogens is 469 g/mol. The van der Waals surface area contributed by atoms with Gasteiger partial charge in [0.25, 0.3) is 0 Å². The maximum Gasteiger partial charge on any atom is 0.241 e. The lowest BCUT2D eigenvalue weighted by Crippen LogP contribution is -2.40. The number of nitrogens with one attached hydrogen (secondary N) is 1. The summed E-state index contributed by atoms with van der Waals surface area (Å²) in [5.41, 5.74) is 3.19. The molecule has 0 radical (unpaired) electrons. The SMILES string of the molecule is CC1CCN(Cc2cccc(CNC(=O)C3CCN(Cc4nc(-c5ccc(F)cc5)no4)CC3)c2)CC1. The summed E-state index contributed by atoms with van der Waals surface area (Å²) >= 11 is 0. The van der Waals surface area contributed by atoms with Gasteiger partial charge in [-0.15, -0.1) is 0 Å². The molecule has 0 saturated carbocycles. The fraction of sp³-hybridized carbons (Fsp3) is 0.483. The Hall–Kier alpha value is -3.10. The number of amides is 1. The van der Waals surface area contributed by atoms with Crippen LogP contribution in [0.3, 0.4) is 0 Å². The van der Waals surface area contributed by atoms with Gasteiger partial charge in [-0.1, -0.05) is 36.3 Å². The van der Waals surface area contributed by atoms with Gasteiger partial charge in [-0.05, 0) is 93.2 Å². The molecule has 1 aromatic heterocycles. The summed E-state index contributed by atoms with van der Waals surface area (Å²) in [5, 5.41) is 7.17. The molecule has 2 saturated heterocycles. The van der Waals surface area contributed by atoms with E-state index in [4.69, 9.17) is 4.52 Å². The molecule has 2 aliphatic heterocycles. The number of carbonyl (C=O) groups excluding carboxylic acids is 1. The van der Waals surface area contributed by atoms with E-state index in [0.29, 0.717) is 24.8 Å². The zero-order valence-corrected chi connectivity index (χ0v) is 21.5. The largest absolute Gasteiger partial charge is 0.352 e. The molecule has 3 aromatic rings. The van der Waals surface area contributed by atoms with Crippen molar-refractivity contribution in [1.29, 1.82) is 0 Å². The van der Waals surface area contributed by atoms with Crippen LogP contribution in [-0.2, 0) is 24.4 Å². The van der Waals surface area contributed by atoms with Crippen molar-refractivity contribution in [3.8, 4) is 11.4 Å². The lowest BCUT2D eigenvalue weighted by molar-refractivity contribution is -0.126. The number of carbonyl (C=O) groups is 1. The Morgan fingerprint density at radius 1 is 0.973 bits per heavy atom.